The van der Waals surface area contributed by atoms with Crippen LogP contribution in [0.2, 0.25) is 0 Å². The van der Waals surface area contributed by atoms with Gasteiger partial charge in [-0.15, -0.1) is 0 Å². The maximum Gasteiger partial charge on any atom is 0.304 e. The molecule has 1 rings (SSSR count). The zero-order chi connectivity index (χ0) is 11.6. The average Bonchev–Trinajstić information content (AvgIpc) is 2.16. The Hall–Kier alpha value is -1.34. The molecule has 84 valence electrons. The first-order valence-corrected chi connectivity index (χ1v) is 5.63. The van der Waals surface area contributed by atoms with E-state index >= 15 is 0 Å². The second-order valence-electron chi connectivity index (χ2n) is 3.21. The molecule has 0 aromatic carbocycles. The van der Waals surface area contributed by atoms with Crippen molar-refractivity contribution in [1.29, 1.82) is 0 Å². The molecule has 0 bridgehead atoms. The molecule has 0 saturated heterocycles. The lowest BCUT2D eigenvalue weighted by atomic mass is 10.4. The summed E-state index contributed by atoms with van der Waals surface area (Å²) in [6.45, 7) is 0. The fourth-order valence-electron chi connectivity index (χ4n) is 0.970. The third-order valence-electron chi connectivity index (χ3n) is 1.90. The Balaban J connectivity index is 3.10. The van der Waals surface area contributed by atoms with Crippen LogP contribution in [0.25, 0.3) is 0 Å². The van der Waals surface area contributed by atoms with Gasteiger partial charge in [-0.25, -0.2) is 9.29 Å². The summed E-state index contributed by atoms with van der Waals surface area (Å²) in [5, 5.41) is 0. The van der Waals surface area contributed by atoms with Crippen molar-refractivity contribution in [1.82, 2.24) is 9.29 Å². The lowest BCUT2D eigenvalue weighted by molar-refractivity contribution is 0.518. The van der Waals surface area contributed by atoms with E-state index in [1.54, 1.807) is 6.07 Å². The van der Waals surface area contributed by atoms with Crippen LogP contribution in [-0.2, 0) is 10.2 Å². The van der Waals surface area contributed by atoms with Crippen LogP contribution in [0.4, 0.5) is 11.5 Å². The topological polar surface area (TPSA) is 79.5 Å². The van der Waals surface area contributed by atoms with E-state index in [2.05, 4.69) is 4.98 Å². The first-order valence-electron chi connectivity index (χ1n) is 4.23. The summed E-state index contributed by atoms with van der Waals surface area (Å²) in [6.07, 6.45) is 1.46. The van der Waals surface area contributed by atoms with Crippen LogP contribution < -0.4 is 10.0 Å². The van der Waals surface area contributed by atoms with Gasteiger partial charge < -0.3 is 5.73 Å². The van der Waals surface area contributed by atoms with Crippen molar-refractivity contribution in [3.8, 4) is 0 Å². The van der Waals surface area contributed by atoms with E-state index in [-0.39, 0.29) is 0 Å². The third-order valence-corrected chi connectivity index (χ3v) is 3.70. The molecule has 0 saturated carbocycles. The maximum atomic E-state index is 11.7. The monoisotopic (exact) mass is 230 g/mol. The zero-order valence-electron chi connectivity index (χ0n) is 8.88. The number of nitrogen functional groups attached to an aromatic ring is 1. The van der Waals surface area contributed by atoms with Crippen LogP contribution in [0.1, 0.15) is 0 Å². The molecule has 15 heavy (non-hydrogen) atoms. The molecule has 0 radical (unpaired) electrons. The number of aromatic nitrogens is 1. The summed E-state index contributed by atoms with van der Waals surface area (Å²) in [5.74, 6) is 0.295. The van der Waals surface area contributed by atoms with E-state index in [1.165, 1.54) is 33.4 Å². The van der Waals surface area contributed by atoms with Crippen molar-refractivity contribution < 1.29 is 8.42 Å². The first kappa shape index (κ1) is 11.7. The van der Waals surface area contributed by atoms with Gasteiger partial charge in [0.1, 0.15) is 5.82 Å². The van der Waals surface area contributed by atoms with Gasteiger partial charge in [-0.05, 0) is 6.07 Å². The van der Waals surface area contributed by atoms with Gasteiger partial charge in [0.25, 0.3) is 0 Å². The second-order valence-corrected chi connectivity index (χ2v) is 5.38. The van der Waals surface area contributed by atoms with Crippen LogP contribution in [0.5, 0.6) is 0 Å². The van der Waals surface area contributed by atoms with E-state index in [4.69, 9.17) is 5.73 Å². The fourth-order valence-corrected chi connectivity index (χ4v) is 1.80. The van der Waals surface area contributed by atoms with Gasteiger partial charge in [-0.3, -0.25) is 0 Å². The molecule has 0 spiro atoms. The minimum Gasteiger partial charge on any atom is -0.399 e. The molecular weight excluding hydrogens is 216 g/mol. The van der Waals surface area contributed by atoms with Crippen LogP contribution in [0.3, 0.4) is 0 Å². The highest BCUT2D eigenvalue weighted by Crippen LogP contribution is 2.16. The van der Waals surface area contributed by atoms with Gasteiger partial charge in [0.15, 0.2) is 0 Å². The van der Waals surface area contributed by atoms with Gasteiger partial charge in [0, 0.05) is 39.1 Å². The van der Waals surface area contributed by atoms with E-state index < -0.39 is 10.2 Å². The normalized spacial score (nSPS) is 11.7. The lowest BCUT2D eigenvalue weighted by Gasteiger charge is -2.22. The molecule has 0 unspecified atom stereocenters. The van der Waals surface area contributed by atoms with E-state index in [0.29, 0.717) is 11.5 Å². The quantitative estimate of drug-likeness (QED) is 0.786. The van der Waals surface area contributed by atoms with Crippen molar-refractivity contribution in [3.05, 3.63) is 18.3 Å². The van der Waals surface area contributed by atoms with Crippen molar-refractivity contribution in [2.75, 3.05) is 31.2 Å². The molecule has 2 N–H and O–H groups in total. The lowest BCUT2D eigenvalue weighted by Crippen LogP contribution is -2.37. The number of pyridine rings is 1. The molecule has 7 heteroatoms. The van der Waals surface area contributed by atoms with Gasteiger partial charge in [-0.1, -0.05) is 0 Å². The summed E-state index contributed by atoms with van der Waals surface area (Å²) in [5.41, 5.74) is 6.01. The predicted molar refractivity (Wildman–Crippen MR) is 59.7 cm³/mol. The van der Waals surface area contributed by atoms with E-state index in [0.717, 1.165) is 8.61 Å². The van der Waals surface area contributed by atoms with E-state index in [9.17, 15) is 8.42 Å². The Labute approximate surface area is 89.5 Å². The number of rotatable bonds is 3. The molecule has 1 aromatic rings. The van der Waals surface area contributed by atoms with Crippen molar-refractivity contribution in [3.63, 3.8) is 0 Å². The molecule has 0 amide bonds. The Bertz CT molecular complexity index is 444. The summed E-state index contributed by atoms with van der Waals surface area (Å²) >= 11 is 0. The van der Waals surface area contributed by atoms with Gasteiger partial charge in [0.05, 0.1) is 0 Å². The molecule has 0 atom stereocenters. The highest BCUT2D eigenvalue weighted by molar-refractivity contribution is 7.90. The van der Waals surface area contributed by atoms with Crippen molar-refractivity contribution >= 4 is 21.7 Å². The Morgan fingerprint density at radius 1 is 1.33 bits per heavy atom. The van der Waals surface area contributed by atoms with Crippen LogP contribution in [0.15, 0.2) is 18.3 Å². The number of nitrogens with two attached hydrogens (primary N) is 1. The molecule has 0 aliphatic rings. The minimum absolute atomic E-state index is 0.295. The number of anilines is 2. The molecule has 0 aliphatic carbocycles. The van der Waals surface area contributed by atoms with Crippen LogP contribution >= 0.6 is 0 Å². The highest BCUT2D eigenvalue weighted by atomic mass is 32.2. The fraction of sp³-hybridized carbons (Fsp3) is 0.375. The van der Waals surface area contributed by atoms with Gasteiger partial charge >= 0.3 is 10.2 Å². The molecule has 6 nitrogen and oxygen atoms in total. The molecule has 1 heterocycles. The second kappa shape index (κ2) is 4.03. The SMILES string of the molecule is CN(C)S(=O)(=O)N(C)c1cc(N)ccn1. The number of hydrogen-bond acceptors (Lipinski definition) is 4. The smallest absolute Gasteiger partial charge is 0.304 e. The highest BCUT2D eigenvalue weighted by Gasteiger charge is 2.21. The van der Waals surface area contributed by atoms with Gasteiger partial charge in [0.2, 0.25) is 0 Å². The summed E-state index contributed by atoms with van der Waals surface area (Å²) in [7, 11) is 0.843. The van der Waals surface area contributed by atoms with Crippen molar-refractivity contribution in [2.45, 2.75) is 0 Å². The Morgan fingerprint density at radius 2 is 1.93 bits per heavy atom. The number of hydrogen-bond donors (Lipinski definition) is 1. The maximum absolute atomic E-state index is 11.7. The molecule has 0 aliphatic heterocycles. The summed E-state index contributed by atoms with van der Waals surface area (Å²) in [4.78, 5) is 3.93. The third kappa shape index (κ3) is 2.37. The summed E-state index contributed by atoms with van der Waals surface area (Å²) in [6, 6.07) is 3.10. The standard InChI is InChI=1S/C8H14N4O2S/c1-11(2)15(13,14)12(3)8-6-7(9)4-5-10-8/h4-6H,1-3H3,(H2,9,10). The number of nitrogens with zero attached hydrogens (tertiary/aromatic N) is 3. The summed E-state index contributed by atoms with van der Waals surface area (Å²) < 4.78 is 25.6. The zero-order valence-corrected chi connectivity index (χ0v) is 9.69. The first-order chi connectivity index (χ1) is 6.85. The minimum atomic E-state index is -3.50. The molecule has 0 fully saturated rings. The molecule has 1 aromatic heterocycles. The molecular formula is C8H14N4O2S. The Morgan fingerprint density at radius 3 is 2.40 bits per heavy atom. The average molecular weight is 230 g/mol. The Kier molecular flexibility index (Phi) is 3.15. The van der Waals surface area contributed by atoms with Crippen molar-refractivity contribution in [2.24, 2.45) is 0 Å². The van der Waals surface area contributed by atoms with Crippen LogP contribution in [-0.4, -0.2) is 38.9 Å². The van der Waals surface area contributed by atoms with Crippen LogP contribution in [0, 0.1) is 0 Å². The largest absolute Gasteiger partial charge is 0.399 e. The van der Waals surface area contributed by atoms with E-state index in [1.807, 2.05) is 0 Å². The predicted octanol–water partition coefficient (Wildman–Crippen LogP) is -0.0936. The van der Waals surface area contributed by atoms with Gasteiger partial charge in [-0.2, -0.15) is 12.7 Å².